The molecule has 0 amide bonds. The maximum atomic E-state index is 4.77. The second-order valence-corrected chi connectivity index (χ2v) is 9.86. The SMILES string of the molecule is C(=Nc1ccc(N=Cc2ccc(C3=Nc4ccccc4C3)cc2)nc1)c1ccc(C2=Nc3ccccc3C2)cc1. The van der Waals surface area contributed by atoms with Gasteiger partial charge in [-0.15, -0.1) is 0 Å². The van der Waals surface area contributed by atoms with Gasteiger partial charge < -0.3 is 0 Å². The summed E-state index contributed by atoms with van der Waals surface area (Å²) in [5.41, 5.74) is 12.0. The second kappa shape index (κ2) is 10.5. The van der Waals surface area contributed by atoms with Gasteiger partial charge in [0.15, 0.2) is 5.82 Å². The molecule has 2 aliphatic heterocycles. The molecule has 0 fully saturated rings. The number of benzene rings is 4. The van der Waals surface area contributed by atoms with Gasteiger partial charge in [0.2, 0.25) is 0 Å². The summed E-state index contributed by atoms with van der Waals surface area (Å²) < 4.78 is 0. The molecule has 1 aromatic heterocycles. The van der Waals surface area contributed by atoms with Crippen molar-refractivity contribution in [2.75, 3.05) is 0 Å². The molecule has 5 aromatic rings. The van der Waals surface area contributed by atoms with Gasteiger partial charge >= 0.3 is 0 Å². The average Bonchev–Trinajstić information content (AvgIpc) is 3.65. The molecule has 5 nitrogen and oxygen atoms in total. The average molecular weight is 516 g/mol. The van der Waals surface area contributed by atoms with Crippen LogP contribution >= 0.6 is 0 Å². The van der Waals surface area contributed by atoms with E-state index in [4.69, 9.17) is 9.98 Å². The van der Waals surface area contributed by atoms with E-state index < -0.39 is 0 Å². The van der Waals surface area contributed by atoms with Crippen LogP contribution in [-0.4, -0.2) is 28.8 Å². The zero-order valence-electron chi connectivity index (χ0n) is 21.8. The van der Waals surface area contributed by atoms with Crippen LogP contribution in [0.3, 0.4) is 0 Å². The molecule has 0 saturated heterocycles. The Morgan fingerprint density at radius 3 is 1.55 bits per heavy atom. The quantitative estimate of drug-likeness (QED) is 0.212. The Bertz CT molecular complexity index is 1670. The van der Waals surface area contributed by atoms with Crippen LogP contribution in [0.25, 0.3) is 0 Å². The van der Waals surface area contributed by atoms with E-state index in [1.54, 1.807) is 6.20 Å². The summed E-state index contributed by atoms with van der Waals surface area (Å²) in [6.07, 6.45) is 7.17. The van der Waals surface area contributed by atoms with E-state index in [9.17, 15) is 0 Å². The third-order valence-electron chi connectivity index (χ3n) is 7.14. The van der Waals surface area contributed by atoms with Gasteiger partial charge in [0.1, 0.15) is 0 Å². The number of rotatable bonds is 6. The highest BCUT2D eigenvalue weighted by molar-refractivity contribution is 6.07. The predicted molar refractivity (Wildman–Crippen MR) is 164 cm³/mol. The first-order valence-corrected chi connectivity index (χ1v) is 13.3. The summed E-state index contributed by atoms with van der Waals surface area (Å²) in [6.45, 7) is 0. The van der Waals surface area contributed by atoms with E-state index in [0.717, 1.165) is 63.6 Å². The molecule has 0 radical (unpaired) electrons. The van der Waals surface area contributed by atoms with Crippen LogP contribution in [-0.2, 0) is 12.8 Å². The van der Waals surface area contributed by atoms with Gasteiger partial charge in [-0.1, -0.05) is 84.9 Å². The third-order valence-corrected chi connectivity index (χ3v) is 7.14. The number of pyridine rings is 1. The van der Waals surface area contributed by atoms with Crippen LogP contribution in [0.2, 0.25) is 0 Å². The zero-order valence-corrected chi connectivity index (χ0v) is 21.8. The maximum Gasteiger partial charge on any atom is 0.151 e. The molecule has 4 aromatic carbocycles. The molecule has 0 bridgehead atoms. The lowest BCUT2D eigenvalue weighted by atomic mass is 10.0. The molecular weight excluding hydrogens is 490 g/mol. The number of hydrogen-bond donors (Lipinski definition) is 0. The summed E-state index contributed by atoms with van der Waals surface area (Å²) in [7, 11) is 0. The molecule has 40 heavy (non-hydrogen) atoms. The first-order chi connectivity index (χ1) is 19.8. The molecule has 7 rings (SSSR count). The smallest absolute Gasteiger partial charge is 0.151 e. The van der Waals surface area contributed by atoms with Gasteiger partial charge in [0.05, 0.1) is 34.7 Å². The van der Waals surface area contributed by atoms with Crippen LogP contribution in [0.1, 0.15) is 33.4 Å². The van der Waals surface area contributed by atoms with Gasteiger partial charge in [-0.25, -0.2) is 9.98 Å². The number of hydrogen-bond acceptors (Lipinski definition) is 5. The van der Waals surface area contributed by atoms with Crippen molar-refractivity contribution in [3.63, 3.8) is 0 Å². The molecule has 0 spiro atoms. The summed E-state index contributed by atoms with van der Waals surface area (Å²) in [6, 6.07) is 37.1. The number of aliphatic imine (C=N–C) groups is 4. The van der Waals surface area contributed by atoms with Crippen molar-refractivity contribution in [2.24, 2.45) is 20.0 Å². The minimum atomic E-state index is 0.640. The Balaban J connectivity index is 0.960. The minimum Gasteiger partial charge on any atom is -0.255 e. The summed E-state index contributed by atoms with van der Waals surface area (Å²) in [5, 5.41) is 0. The van der Waals surface area contributed by atoms with Crippen LogP contribution in [0.5, 0.6) is 0 Å². The highest BCUT2D eigenvalue weighted by Crippen LogP contribution is 2.29. The molecule has 3 heterocycles. The van der Waals surface area contributed by atoms with Crippen molar-refractivity contribution in [3.8, 4) is 0 Å². The van der Waals surface area contributed by atoms with Gasteiger partial charge in [0, 0.05) is 25.3 Å². The van der Waals surface area contributed by atoms with Gasteiger partial charge in [-0.2, -0.15) is 0 Å². The Morgan fingerprint density at radius 2 is 1.05 bits per heavy atom. The molecule has 0 saturated carbocycles. The predicted octanol–water partition coefficient (Wildman–Crippen LogP) is 7.94. The Hall–Kier alpha value is -5.29. The van der Waals surface area contributed by atoms with Crippen LogP contribution in [0.4, 0.5) is 22.9 Å². The van der Waals surface area contributed by atoms with Crippen LogP contribution in [0, 0.1) is 0 Å². The standard InChI is InChI=1S/C35H25N5/c1-3-7-31-28(5-1)19-33(39-31)26-13-9-24(10-14-26)21-36-30-17-18-35(38-23-30)37-22-25-11-15-27(16-12-25)34-20-29-6-2-4-8-32(29)40-34/h1-18,21-23H,19-20H2. The van der Waals surface area contributed by atoms with E-state index in [1.165, 1.54) is 11.1 Å². The lowest BCUT2D eigenvalue weighted by Crippen LogP contribution is -2.00. The molecule has 2 aliphatic rings. The Morgan fingerprint density at radius 1 is 0.525 bits per heavy atom. The van der Waals surface area contributed by atoms with Crippen molar-refractivity contribution >= 4 is 46.7 Å². The lowest BCUT2D eigenvalue weighted by Gasteiger charge is -2.01. The van der Waals surface area contributed by atoms with Crippen molar-refractivity contribution in [1.29, 1.82) is 0 Å². The molecule has 0 N–H and O–H groups in total. The van der Waals surface area contributed by atoms with E-state index in [0.29, 0.717) is 5.82 Å². The Kier molecular flexibility index (Phi) is 6.23. The number of aromatic nitrogens is 1. The number of para-hydroxylation sites is 2. The first kappa shape index (κ1) is 23.8. The number of nitrogens with zero attached hydrogens (tertiary/aromatic N) is 5. The fourth-order valence-corrected chi connectivity index (χ4v) is 4.95. The van der Waals surface area contributed by atoms with Crippen molar-refractivity contribution in [3.05, 3.63) is 149 Å². The van der Waals surface area contributed by atoms with E-state index >= 15 is 0 Å². The van der Waals surface area contributed by atoms with E-state index in [1.807, 2.05) is 36.7 Å². The summed E-state index contributed by atoms with van der Waals surface area (Å²) in [5.74, 6) is 0.640. The van der Waals surface area contributed by atoms with Gasteiger partial charge in [0.25, 0.3) is 0 Å². The zero-order chi connectivity index (χ0) is 26.7. The van der Waals surface area contributed by atoms with Crippen molar-refractivity contribution in [2.45, 2.75) is 12.8 Å². The largest absolute Gasteiger partial charge is 0.255 e. The Labute approximate surface area is 233 Å². The monoisotopic (exact) mass is 515 g/mol. The van der Waals surface area contributed by atoms with Crippen molar-refractivity contribution < 1.29 is 0 Å². The topological polar surface area (TPSA) is 62.3 Å². The normalized spacial score (nSPS) is 13.9. The molecular formula is C35H25N5. The minimum absolute atomic E-state index is 0.640. The van der Waals surface area contributed by atoms with E-state index in [2.05, 4.69) is 99.9 Å². The molecule has 0 unspecified atom stereocenters. The maximum absolute atomic E-state index is 4.77. The third kappa shape index (κ3) is 5.05. The van der Waals surface area contributed by atoms with Gasteiger partial charge in [-0.05, 0) is 57.6 Å². The summed E-state index contributed by atoms with van der Waals surface area (Å²) in [4.78, 5) is 23.1. The molecule has 0 aliphatic carbocycles. The van der Waals surface area contributed by atoms with E-state index in [-0.39, 0.29) is 0 Å². The summed E-state index contributed by atoms with van der Waals surface area (Å²) >= 11 is 0. The second-order valence-electron chi connectivity index (χ2n) is 9.86. The van der Waals surface area contributed by atoms with Crippen molar-refractivity contribution in [1.82, 2.24) is 4.98 Å². The number of fused-ring (bicyclic) bond motifs is 2. The lowest BCUT2D eigenvalue weighted by molar-refractivity contribution is 1.27. The fourth-order valence-electron chi connectivity index (χ4n) is 4.95. The molecule has 190 valence electrons. The fraction of sp³-hybridized carbons (Fsp3) is 0.0571. The first-order valence-electron chi connectivity index (χ1n) is 13.3. The molecule has 0 atom stereocenters. The van der Waals surface area contributed by atoms with Gasteiger partial charge in [-0.3, -0.25) is 15.0 Å². The van der Waals surface area contributed by atoms with Crippen LogP contribution in [0.15, 0.2) is 135 Å². The molecule has 5 heteroatoms. The highest BCUT2D eigenvalue weighted by Gasteiger charge is 2.16. The highest BCUT2D eigenvalue weighted by atomic mass is 14.9. The van der Waals surface area contributed by atoms with Crippen LogP contribution < -0.4 is 0 Å².